The van der Waals surface area contributed by atoms with Crippen molar-refractivity contribution < 1.29 is 5.11 Å². The Labute approximate surface area is 124 Å². The monoisotopic (exact) mass is 276 g/mol. The molecule has 0 saturated heterocycles. The molecule has 0 aromatic heterocycles. The average molecular weight is 276 g/mol. The molecule has 4 rings (SSSR count). The van der Waals surface area contributed by atoms with Crippen LogP contribution in [0.15, 0.2) is 0 Å². The summed E-state index contributed by atoms with van der Waals surface area (Å²) in [6.45, 7) is 5.13. The molecular formula is C19H32O. The van der Waals surface area contributed by atoms with Crippen LogP contribution in [-0.2, 0) is 0 Å². The average Bonchev–Trinajstić information content (AvgIpc) is 2.74. The van der Waals surface area contributed by atoms with Crippen molar-refractivity contribution in [1.82, 2.24) is 0 Å². The summed E-state index contributed by atoms with van der Waals surface area (Å²) in [5.74, 6) is 5.88. The summed E-state index contributed by atoms with van der Waals surface area (Å²) >= 11 is 0. The van der Waals surface area contributed by atoms with Crippen LogP contribution in [0.1, 0.15) is 71.6 Å². The molecule has 4 aliphatic carbocycles. The van der Waals surface area contributed by atoms with E-state index in [0.717, 1.165) is 48.3 Å². The van der Waals surface area contributed by atoms with E-state index < -0.39 is 0 Å². The summed E-state index contributed by atoms with van der Waals surface area (Å²) in [7, 11) is 0. The molecule has 0 heterocycles. The van der Waals surface area contributed by atoms with Crippen molar-refractivity contribution in [3.05, 3.63) is 0 Å². The second-order valence-electron chi connectivity index (χ2n) is 8.93. The van der Waals surface area contributed by atoms with Gasteiger partial charge in [-0.05, 0) is 98.7 Å². The Morgan fingerprint density at radius 1 is 0.850 bits per heavy atom. The fraction of sp³-hybridized carbons (Fsp3) is 1.00. The fourth-order valence-electron chi connectivity index (χ4n) is 7.09. The molecule has 1 N–H and O–H groups in total. The van der Waals surface area contributed by atoms with E-state index in [2.05, 4.69) is 13.8 Å². The van der Waals surface area contributed by atoms with Gasteiger partial charge >= 0.3 is 0 Å². The van der Waals surface area contributed by atoms with Crippen LogP contribution < -0.4 is 0 Å². The molecule has 0 bridgehead atoms. The van der Waals surface area contributed by atoms with Crippen LogP contribution in [0.4, 0.5) is 0 Å². The van der Waals surface area contributed by atoms with Gasteiger partial charge in [-0.1, -0.05) is 13.8 Å². The largest absolute Gasteiger partial charge is 0.393 e. The first-order chi connectivity index (χ1) is 9.59. The Hall–Kier alpha value is -0.0400. The molecule has 0 spiro atoms. The Bertz CT molecular complexity index is 378. The molecule has 5 unspecified atom stereocenters. The van der Waals surface area contributed by atoms with Crippen molar-refractivity contribution >= 4 is 0 Å². The van der Waals surface area contributed by atoms with Crippen molar-refractivity contribution in [1.29, 1.82) is 0 Å². The van der Waals surface area contributed by atoms with E-state index in [1.807, 2.05) is 0 Å². The number of hydrogen-bond donors (Lipinski definition) is 1. The Morgan fingerprint density at radius 3 is 2.50 bits per heavy atom. The summed E-state index contributed by atoms with van der Waals surface area (Å²) in [5, 5.41) is 9.97. The zero-order chi connectivity index (χ0) is 13.9. The lowest BCUT2D eigenvalue weighted by Gasteiger charge is -2.56. The lowest BCUT2D eigenvalue weighted by atomic mass is 9.50. The Kier molecular flexibility index (Phi) is 3.22. The van der Waals surface area contributed by atoms with Crippen molar-refractivity contribution in [2.45, 2.75) is 77.7 Å². The first-order valence-corrected chi connectivity index (χ1v) is 9.27. The third-order valence-electron chi connectivity index (χ3n) is 8.40. The van der Waals surface area contributed by atoms with Crippen molar-refractivity contribution in [3.63, 3.8) is 0 Å². The molecule has 0 radical (unpaired) electrons. The molecule has 0 amide bonds. The second kappa shape index (κ2) is 4.73. The number of aliphatic hydroxyl groups excluding tert-OH is 1. The molecule has 4 aliphatic rings. The molecule has 0 aromatic rings. The lowest BCUT2D eigenvalue weighted by molar-refractivity contribution is -0.0755. The quantitative estimate of drug-likeness (QED) is 0.683. The maximum atomic E-state index is 9.97. The van der Waals surface area contributed by atoms with Gasteiger partial charge in [-0.2, -0.15) is 0 Å². The predicted octanol–water partition coefficient (Wildman–Crippen LogP) is 4.64. The highest BCUT2D eigenvalue weighted by molar-refractivity contribution is 5.05. The van der Waals surface area contributed by atoms with Gasteiger partial charge in [-0.15, -0.1) is 0 Å². The van der Waals surface area contributed by atoms with Crippen LogP contribution in [0.25, 0.3) is 0 Å². The molecule has 0 aliphatic heterocycles. The van der Waals surface area contributed by atoms with Gasteiger partial charge in [0.25, 0.3) is 0 Å². The smallest absolute Gasteiger partial charge is 0.0543 e. The molecular weight excluding hydrogens is 244 g/mol. The van der Waals surface area contributed by atoms with Crippen LogP contribution in [-0.4, -0.2) is 11.2 Å². The molecule has 114 valence electrons. The van der Waals surface area contributed by atoms with Gasteiger partial charge in [0.05, 0.1) is 6.10 Å². The molecule has 1 heteroatoms. The lowest BCUT2D eigenvalue weighted by Crippen LogP contribution is -2.48. The van der Waals surface area contributed by atoms with E-state index in [9.17, 15) is 5.11 Å². The third kappa shape index (κ3) is 1.84. The molecule has 4 saturated carbocycles. The Balaban J connectivity index is 1.57. The van der Waals surface area contributed by atoms with Gasteiger partial charge in [0.2, 0.25) is 0 Å². The van der Waals surface area contributed by atoms with E-state index in [0.29, 0.717) is 5.41 Å². The van der Waals surface area contributed by atoms with Gasteiger partial charge in [0.15, 0.2) is 0 Å². The first-order valence-electron chi connectivity index (χ1n) is 9.27. The summed E-state index contributed by atoms with van der Waals surface area (Å²) in [6, 6.07) is 0. The summed E-state index contributed by atoms with van der Waals surface area (Å²) in [4.78, 5) is 0. The third-order valence-corrected chi connectivity index (χ3v) is 8.40. The zero-order valence-electron chi connectivity index (χ0n) is 13.4. The van der Waals surface area contributed by atoms with Gasteiger partial charge in [0, 0.05) is 0 Å². The number of rotatable bonds is 0. The Morgan fingerprint density at radius 2 is 1.65 bits per heavy atom. The standard InChI is InChI=1S/C19H32O/c1-12-3-8-18-17-6-4-13-11-14(20)5-7-15(13)16(17)9-10-19(12,18)2/h12-18,20H,3-11H2,1-2H3/t12-,13-,14?,15?,16?,17?,18?,19+/m0/s1. The van der Waals surface area contributed by atoms with Crippen molar-refractivity contribution in [3.8, 4) is 0 Å². The second-order valence-corrected chi connectivity index (χ2v) is 8.93. The molecule has 0 aromatic carbocycles. The fourth-order valence-corrected chi connectivity index (χ4v) is 7.09. The summed E-state index contributed by atoms with van der Waals surface area (Å²) in [6.07, 6.45) is 12.4. The van der Waals surface area contributed by atoms with Crippen LogP contribution in [0.2, 0.25) is 0 Å². The number of aliphatic hydroxyl groups is 1. The van der Waals surface area contributed by atoms with Crippen LogP contribution >= 0.6 is 0 Å². The summed E-state index contributed by atoms with van der Waals surface area (Å²) < 4.78 is 0. The SMILES string of the molecule is C[C@H]1CCC2C3CC[C@H]4CC(O)CCC4C3CC[C@@]21C. The minimum Gasteiger partial charge on any atom is -0.393 e. The van der Waals surface area contributed by atoms with Gasteiger partial charge in [0.1, 0.15) is 0 Å². The van der Waals surface area contributed by atoms with Crippen molar-refractivity contribution in [2.24, 2.45) is 40.9 Å². The summed E-state index contributed by atoms with van der Waals surface area (Å²) in [5.41, 5.74) is 0.669. The van der Waals surface area contributed by atoms with Crippen LogP contribution in [0.3, 0.4) is 0 Å². The minimum absolute atomic E-state index is 0.0214. The number of hydrogen-bond acceptors (Lipinski definition) is 1. The molecule has 8 atom stereocenters. The van der Waals surface area contributed by atoms with E-state index in [4.69, 9.17) is 0 Å². The van der Waals surface area contributed by atoms with Crippen LogP contribution in [0.5, 0.6) is 0 Å². The first kappa shape index (κ1) is 13.6. The van der Waals surface area contributed by atoms with E-state index in [-0.39, 0.29) is 6.10 Å². The normalized spacial score (nSPS) is 58.6. The van der Waals surface area contributed by atoms with E-state index >= 15 is 0 Å². The topological polar surface area (TPSA) is 20.2 Å². The molecule has 1 nitrogen and oxygen atoms in total. The predicted molar refractivity (Wildman–Crippen MR) is 82.3 cm³/mol. The minimum atomic E-state index is 0.0214. The molecule has 20 heavy (non-hydrogen) atoms. The van der Waals surface area contributed by atoms with E-state index in [1.54, 1.807) is 0 Å². The van der Waals surface area contributed by atoms with Gasteiger partial charge < -0.3 is 5.11 Å². The van der Waals surface area contributed by atoms with Crippen LogP contribution in [0, 0.1) is 40.9 Å². The highest BCUT2D eigenvalue weighted by atomic mass is 16.3. The van der Waals surface area contributed by atoms with Gasteiger partial charge in [-0.3, -0.25) is 0 Å². The van der Waals surface area contributed by atoms with Crippen molar-refractivity contribution in [2.75, 3.05) is 0 Å². The zero-order valence-corrected chi connectivity index (χ0v) is 13.4. The maximum absolute atomic E-state index is 9.97. The highest BCUT2D eigenvalue weighted by Gasteiger charge is 2.55. The maximum Gasteiger partial charge on any atom is 0.0543 e. The highest BCUT2D eigenvalue weighted by Crippen LogP contribution is 2.63. The van der Waals surface area contributed by atoms with Gasteiger partial charge in [-0.25, -0.2) is 0 Å². The number of fused-ring (bicyclic) bond motifs is 5. The molecule has 4 fully saturated rings. The van der Waals surface area contributed by atoms with E-state index in [1.165, 1.54) is 44.9 Å².